The van der Waals surface area contributed by atoms with E-state index in [0.29, 0.717) is 5.69 Å². The van der Waals surface area contributed by atoms with Crippen LogP contribution in [0.3, 0.4) is 0 Å². The van der Waals surface area contributed by atoms with E-state index < -0.39 is 0 Å². The van der Waals surface area contributed by atoms with Gasteiger partial charge in [0.1, 0.15) is 5.69 Å². The van der Waals surface area contributed by atoms with Crippen molar-refractivity contribution in [2.24, 2.45) is 0 Å². The summed E-state index contributed by atoms with van der Waals surface area (Å²) in [6.45, 7) is 0. The number of anilines is 1. The Balaban J connectivity index is 1.87. The maximum atomic E-state index is 12.1. The second-order valence-corrected chi connectivity index (χ2v) is 5.62. The standard InChI is InChI=1S/C13H9BrN2OS/c14-8-3-1-2-4-9(8)16-13(17)11-7-12-10(15-11)5-6-18-12/h1-7,15H,(H,16,17). The summed E-state index contributed by atoms with van der Waals surface area (Å²) >= 11 is 5.02. The Morgan fingerprint density at radius 3 is 2.89 bits per heavy atom. The minimum atomic E-state index is -0.134. The Morgan fingerprint density at radius 1 is 1.28 bits per heavy atom. The Hall–Kier alpha value is -1.59. The molecular weight excluding hydrogens is 312 g/mol. The molecule has 5 heteroatoms. The van der Waals surface area contributed by atoms with Crippen LogP contribution in [0.15, 0.2) is 46.3 Å². The lowest BCUT2D eigenvalue weighted by Crippen LogP contribution is -2.12. The molecule has 0 aliphatic rings. The van der Waals surface area contributed by atoms with Crippen molar-refractivity contribution >= 4 is 49.1 Å². The maximum absolute atomic E-state index is 12.1. The highest BCUT2D eigenvalue weighted by Gasteiger charge is 2.11. The van der Waals surface area contributed by atoms with Crippen LogP contribution in [0, 0.1) is 0 Å². The van der Waals surface area contributed by atoms with E-state index in [1.165, 1.54) is 0 Å². The molecule has 0 atom stereocenters. The van der Waals surface area contributed by atoms with E-state index >= 15 is 0 Å². The normalized spacial score (nSPS) is 10.7. The van der Waals surface area contributed by atoms with E-state index in [2.05, 4.69) is 26.2 Å². The molecule has 0 saturated carbocycles. The molecular formula is C13H9BrN2OS. The molecule has 2 aromatic heterocycles. The first-order chi connectivity index (χ1) is 8.74. The number of aromatic nitrogens is 1. The maximum Gasteiger partial charge on any atom is 0.272 e. The molecule has 0 spiro atoms. The molecule has 1 amide bonds. The number of aromatic amines is 1. The SMILES string of the molecule is O=C(Nc1ccccc1Br)c1cc2sccc2[nH]1. The van der Waals surface area contributed by atoms with Crippen LogP contribution in [0.25, 0.3) is 10.2 Å². The molecule has 0 aliphatic carbocycles. The number of benzene rings is 1. The second-order valence-electron chi connectivity index (χ2n) is 3.82. The van der Waals surface area contributed by atoms with E-state index in [-0.39, 0.29) is 5.91 Å². The van der Waals surface area contributed by atoms with Crippen LogP contribution >= 0.6 is 27.3 Å². The fourth-order valence-electron chi connectivity index (χ4n) is 1.72. The van der Waals surface area contributed by atoms with E-state index in [0.717, 1.165) is 20.4 Å². The van der Waals surface area contributed by atoms with Crippen LogP contribution in [0.2, 0.25) is 0 Å². The highest BCUT2D eigenvalue weighted by molar-refractivity contribution is 9.10. The number of H-pyrrole nitrogens is 1. The van der Waals surface area contributed by atoms with Gasteiger partial charge in [-0.15, -0.1) is 11.3 Å². The van der Waals surface area contributed by atoms with Gasteiger partial charge in [0.05, 0.1) is 15.9 Å². The molecule has 18 heavy (non-hydrogen) atoms. The first-order valence-electron chi connectivity index (χ1n) is 5.36. The second kappa shape index (κ2) is 4.59. The third-order valence-corrected chi connectivity index (χ3v) is 4.16. The Morgan fingerprint density at radius 2 is 2.11 bits per heavy atom. The fourth-order valence-corrected chi connectivity index (χ4v) is 2.89. The summed E-state index contributed by atoms with van der Waals surface area (Å²) in [5.41, 5.74) is 2.34. The predicted octanol–water partition coefficient (Wildman–Crippen LogP) is 4.24. The lowest BCUT2D eigenvalue weighted by atomic mass is 10.3. The molecule has 0 saturated heterocycles. The Bertz CT molecular complexity index is 688. The van der Waals surface area contributed by atoms with Crippen LogP contribution in [-0.4, -0.2) is 10.9 Å². The van der Waals surface area contributed by atoms with Crippen molar-refractivity contribution in [1.82, 2.24) is 4.98 Å². The van der Waals surface area contributed by atoms with E-state index in [1.807, 2.05) is 41.8 Å². The molecule has 3 aromatic rings. The molecule has 90 valence electrons. The lowest BCUT2D eigenvalue weighted by molar-refractivity contribution is 0.102. The van der Waals surface area contributed by atoms with Crippen LogP contribution in [0.5, 0.6) is 0 Å². The van der Waals surface area contributed by atoms with Gasteiger partial charge in [-0.1, -0.05) is 12.1 Å². The van der Waals surface area contributed by atoms with Gasteiger partial charge in [0.25, 0.3) is 5.91 Å². The number of para-hydroxylation sites is 1. The topological polar surface area (TPSA) is 44.9 Å². The van der Waals surface area contributed by atoms with Crippen molar-refractivity contribution in [2.45, 2.75) is 0 Å². The average Bonchev–Trinajstić information content (AvgIpc) is 2.92. The number of nitrogens with one attached hydrogen (secondary N) is 2. The number of halogens is 1. The smallest absolute Gasteiger partial charge is 0.272 e. The number of hydrogen-bond donors (Lipinski definition) is 2. The van der Waals surface area contributed by atoms with Crippen molar-refractivity contribution in [3.8, 4) is 0 Å². The number of thiophene rings is 1. The number of rotatable bonds is 2. The molecule has 2 N–H and O–H groups in total. The number of carbonyl (C=O) groups is 1. The first-order valence-corrected chi connectivity index (χ1v) is 7.03. The molecule has 0 radical (unpaired) electrons. The third-order valence-electron chi connectivity index (χ3n) is 2.61. The number of fused-ring (bicyclic) bond motifs is 1. The van der Waals surface area contributed by atoms with Crippen LogP contribution in [0.1, 0.15) is 10.5 Å². The summed E-state index contributed by atoms with van der Waals surface area (Å²) < 4.78 is 1.96. The largest absolute Gasteiger partial charge is 0.350 e. The van der Waals surface area contributed by atoms with Gasteiger partial charge in [-0.05, 0) is 45.6 Å². The van der Waals surface area contributed by atoms with Gasteiger partial charge in [0.2, 0.25) is 0 Å². The highest BCUT2D eigenvalue weighted by atomic mass is 79.9. The molecule has 2 heterocycles. The highest BCUT2D eigenvalue weighted by Crippen LogP contribution is 2.24. The zero-order valence-corrected chi connectivity index (χ0v) is 11.6. The van der Waals surface area contributed by atoms with Crippen LogP contribution < -0.4 is 5.32 Å². The summed E-state index contributed by atoms with van der Waals surface area (Å²) in [7, 11) is 0. The summed E-state index contributed by atoms with van der Waals surface area (Å²) in [5, 5.41) is 4.86. The van der Waals surface area contributed by atoms with Crippen LogP contribution in [-0.2, 0) is 0 Å². The predicted molar refractivity (Wildman–Crippen MR) is 78.3 cm³/mol. The van der Waals surface area contributed by atoms with Crippen molar-refractivity contribution in [1.29, 1.82) is 0 Å². The summed E-state index contributed by atoms with van der Waals surface area (Å²) in [6, 6.07) is 11.4. The zero-order valence-electron chi connectivity index (χ0n) is 9.24. The lowest BCUT2D eigenvalue weighted by Gasteiger charge is -2.05. The summed E-state index contributed by atoms with van der Waals surface area (Å²) in [5.74, 6) is -0.134. The van der Waals surface area contributed by atoms with Crippen molar-refractivity contribution in [3.05, 3.63) is 51.9 Å². The molecule has 3 nitrogen and oxygen atoms in total. The van der Waals surface area contributed by atoms with E-state index in [1.54, 1.807) is 11.3 Å². The molecule has 0 aliphatic heterocycles. The van der Waals surface area contributed by atoms with Crippen LogP contribution in [0.4, 0.5) is 5.69 Å². The molecule has 1 aromatic carbocycles. The summed E-state index contributed by atoms with van der Waals surface area (Å²) in [4.78, 5) is 15.2. The van der Waals surface area contributed by atoms with Gasteiger partial charge >= 0.3 is 0 Å². The molecule has 0 bridgehead atoms. The molecule has 0 fully saturated rings. The molecule has 0 unspecified atom stereocenters. The van der Waals surface area contributed by atoms with Gasteiger partial charge in [-0.3, -0.25) is 4.79 Å². The van der Waals surface area contributed by atoms with Crippen molar-refractivity contribution in [2.75, 3.05) is 5.32 Å². The monoisotopic (exact) mass is 320 g/mol. The van der Waals surface area contributed by atoms with Gasteiger partial charge in [-0.2, -0.15) is 0 Å². The third kappa shape index (κ3) is 2.07. The summed E-state index contributed by atoms with van der Waals surface area (Å²) in [6.07, 6.45) is 0. The number of amides is 1. The van der Waals surface area contributed by atoms with Gasteiger partial charge < -0.3 is 10.3 Å². The van der Waals surface area contributed by atoms with Gasteiger partial charge in [-0.25, -0.2) is 0 Å². The number of carbonyl (C=O) groups excluding carboxylic acids is 1. The minimum Gasteiger partial charge on any atom is -0.350 e. The first kappa shape index (κ1) is 11.5. The minimum absolute atomic E-state index is 0.134. The van der Waals surface area contributed by atoms with Crippen molar-refractivity contribution < 1.29 is 4.79 Å². The zero-order chi connectivity index (χ0) is 12.5. The Kier molecular flexibility index (Phi) is 2.93. The van der Waals surface area contributed by atoms with E-state index in [4.69, 9.17) is 0 Å². The van der Waals surface area contributed by atoms with Crippen molar-refractivity contribution in [3.63, 3.8) is 0 Å². The molecule has 3 rings (SSSR count). The van der Waals surface area contributed by atoms with Gasteiger partial charge in [0.15, 0.2) is 0 Å². The Labute approximate surface area is 116 Å². The quantitative estimate of drug-likeness (QED) is 0.728. The number of hydrogen-bond acceptors (Lipinski definition) is 2. The van der Waals surface area contributed by atoms with Gasteiger partial charge in [0, 0.05) is 4.47 Å². The average molecular weight is 321 g/mol. The fraction of sp³-hybridized carbons (Fsp3) is 0. The van der Waals surface area contributed by atoms with E-state index in [9.17, 15) is 4.79 Å².